The zero-order valence-corrected chi connectivity index (χ0v) is 14.4. The molecule has 0 spiro atoms. The predicted octanol–water partition coefficient (Wildman–Crippen LogP) is 4.89. The van der Waals surface area contributed by atoms with Crippen LogP contribution < -0.4 is 9.47 Å². The molecule has 0 fully saturated rings. The van der Waals surface area contributed by atoms with Gasteiger partial charge in [-0.3, -0.25) is 10.1 Å². The number of non-ortho nitro benzene ring substituents is 1. The molecule has 0 atom stereocenters. The molecule has 3 rings (SSSR count). The highest BCUT2D eigenvalue weighted by molar-refractivity contribution is 5.68. The van der Waals surface area contributed by atoms with E-state index < -0.39 is 4.92 Å². The monoisotopic (exact) mass is 349 g/mol. The van der Waals surface area contributed by atoms with Crippen molar-refractivity contribution < 1.29 is 14.4 Å². The van der Waals surface area contributed by atoms with Gasteiger partial charge in [-0.05, 0) is 41.0 Å². The number of hydrogen-bond donors (Lipinski definition) is 0. The van der Waals surface area contributed by atoms with Gasteiger partial charge in [0.25, 0.3) is 5.69 Å². The molecule has 5 nitrogen and oxygen atoms in total. The van der Waals surface area contributed by atoms with Crippen LogP contribution in [-0.4, -0.2) is 18.6 Å². The van der Waals surface area contributed by atoms with Gasteiger partial charge in [0.2, 0.25) is 0 Å². The molecular formula is C21H19NO4. The molecule has 0 bridgehead atoms. The van der Waals surface area contributed by atoms with Crippen LogP contribution >= 0.6 is 0 Å². The van der Waals surface area contributed by atoms with Gasteiger partial charge in [0.05, 0.1) is 18.6 Å². The first-order valence-corrected chi connectivity index (χ1v) is 8.27. The summed E-state index contributed by atoms with van der Waals surface area (Å²) in [7, 11) is 1.65. The third kappa shape index (κ3) is 4.19. The Bertz CT molecular complexity index is 876. The largest absolute Gasteiger partial charge is 0.497 e. The van der Waals surface area contributed by atoms with Crippen LogP contribution in [0.2, 0.25) is 0 Å². The molecule has 0 saturated carbocycles. The number of nitro benzene ring substituents is 1. The maximum absolute atomic E-state index is 10.7. The maximum Gasteiger partial charge on any atom is 0.269 e. The van der Waals surface area contributed by atoms with Crippen LogP contribution in [0.1, 0.15) is 5.56 Å². The van der Waals surface area contributed by atoms with Gasteiger partial charge in [0, 0.05) is 18.6 Å². The molecule has 0 heterocycles. The second-order valence-corrected chi connectivity index (χ2v) is 5.74. The van der Waals surface area contributed by atoms with Crippen LogP contribution in [-0.2, 0) is 6.42 Å². The smallest absolute Gasteiger partial charge is 0.269 e. The summed E-state index contributed by atoms with van der Waals surface area (Å²) < 4.78 is 11.1. The minimum absolute atomic E-state index is 0.0523. The van der Waals surface area contributed by atoms with Gasteiger partial charge in [-0.15, -0.1) is 0 Å². The Morgan fingerprint density at radius 2 is 1.62 bits per heavy atom. The van der Waals surface area contributed by atoms with Gasteiger partial charge in [-0.1, -0.05) is 36.4 Å². The average Bonchev–Trinajstić information content (AvgIpc) is 2.69. The normalized spacial score (nSPS) is 10.3. The summed E-state index contributed by atoms with van der Waals surface area (Å²) in [4.78, 5) is 10.3. The first kappa shape index (κ1) is 17.5. The number of hydrogen-bond acceptors (Lipinski definition) is 4. The van der Waals surface area contributed by atoms with E-state index in [2.05, 4.69) is 18.2 Å². The van der Waals surface area contributed by atoms with E-state index in [-0.39, 0.29) is 5.69 Å². The summed E-state index contributed by atoms with van der Waals surface area (Å²) in [6, 6.07) is 22.3. The number of methoxy groups -OCH3 is 1. The second-order valence-electron chi connectivity index (χ2n) is 5.74. The summed E-state index contributed by atoms with van der Waals surface area (Å²) >= 11 is 0. The fourth-order valence-corrected chi connectivity index (χ4v) is 2.75. The van der Waals surface area contributed by atoms with Gasteiger partial charge in [0.15, 0.2) is 0 Å². The first-order valence-electron chi connectivity index (χ1n) is 8.27. The van der Waals surface area contributed by atoms with Crippen LogP contribution in [0.15, 0.2) is 72.8 Å². The van der Waals surface area contributed by atoms with E-state index in [9.17, 15) is 10.1 Å². The van der Waals surface area contributed by atoms with Crippen LogP contribution in [0.3, 0.4) is 0 Å². The van der Waals surface area contributed by atoms with Crippen LogP contribution in [0.5, 0.6) is 11.5 Å². The van der Waals surface area contributed by atoms with Crippen LogP contribution in [0.4, 0.5) is 5.69 Å². The standard InChI is InChI=1S/C21H19NO4/c1-25-20-11-12-21(16-5-3-2-4-6-16)17(15-20)13-14-26-19-9-7-18(8-10-19)22(23)24/h2-12,15H,13-14H2,1H3. The molecule has 0 N–H and O–H groups in total. The second kappa shape index (κ2) is 8.16. The molecule has 0 unspecified atom stereocenters. The van der Waals surface area contributed by atoms with Gasteiger partial charge in [-0.25, -0.2) is 0 Å². The van der Waals surface area contributed by atoms with Crippen molar-refractivity contribution in [2.24, 2.45) is 0 Å². The van der Waals surface area contributed by atoms with E-state index in [1.54, 1.807) is 19.2 Å². The summed E-state index contributed by atoms with van der Waals surface area (Å²) in [5.41, 5.74) is 3.45. The van der Waals surface area contributed by atoms with Crippen molar-refractivity contribution in [3.05, 3.63) is 88.5 Å². The van der Waals surface area contributed by atoms with Crippen molar-refractivity contribution in [3.8, 4) is 22.6 Å². The first-order chi connectivity index (χ1) is 12.7. The van der Waals surface area contributed by atoms with E-state index in [4.69, 9.17) is 9.47 Å². The summed E-state index contributed by atoms with van der Waals surface area (Å²) in [5.74, 6) is 1.41. The number of nitrogens with zero attached hydrogens (tertiary/aromatic N) is 1. The Hall–Kier alpha value is -3.34. The molecule has 5 heteroatoms. The molecule has 3 aromatic rings. The molecule has 26 heavy (non-hydrogen) atoms. The summed E-state index contributed by atoms with van der Waals surface area (Å²) in [5, 5.41) is 10.7. The SMILES string of the molecule is COc1ccc(-c2ccccc2)c(CCOc2ccc([N+](=O)[O-])cc2)c1. The highest BCUT2D eigenvalue weighted by Crippen LogP contribution is 2.28. The third-order valence-electron chi connectivity index (χ3n) is 4.08. The molecule has 0 saturated heterocycles. The summed E-state index contributed by atoms with van der Waals surface area (Å²) in [6.07, 6.45) is 0.693. The predicted molar refractivity (Wildman–Crippen MR) is 101 cm³/mol. The lowest BCUT2D eigenvalue weighted by atomic mass is 9.97. The van der Waals surface area contributed by atoms with Crippen molar-refractivity contribution >= 4 is 5.69 Å². The Morgan fingerprint density at radius 3 is 2.27 bits per heavy atom. The molecule has 0 radical (unpaired) electrons. The molecule has 0 aliphatic carbocycles. The Kier molecular flexibility index (Phi) is 5.49. The average molecular weight is 349 g/mol. The highest BCUT2D eigenvalue weighted by atomic mass is 16.6. The van der Waals surface area contributed by atoms with Gasteiger partial charge in [-0.2, -0.15) is 0 Å². The molecule has 0 aliphatic heterocycles. The van der Waals surface area contributed by atoms with Crippen molar-refractivity contribution in [1.29, 1.82) is 0 Å². The molecule has 0 aromatic heterocycles. The van der Waals surface area contributed by atoms with Gasteiger partial charge >= 0.3 is 0 Å². The topological polar surface area (TPSA) is 61.6 Å². The van der Waals surface area contributed by atoms with Crippen molar-refractivity contribution in [2.75, 3.05) is 13.7 Å². The number of nitro groups is 1. The van der Waals surface area contributed by atoms with E-state index in [0.29, 0.717) is 18.8 Å². The highest BCUT2D eigenvalue weighted by Gasteiger charge is 2.08. The molecular weight excluding hydrogens is 330 g/mol. The Labute approximate surface area is 152 Å². The van der Waals surface area contributed by atoms with E-state index in [1.165, 1.54) is 12.1 Å². The molecule has 3 aromatic carbocycles. The zero-order chi connectivity index (χ0) is 18.4. The van der Waals surface area contributed by atoms with E-state index in [0.717, 1.165) is 22.4 Å². The lowest BCUT2D eigenvalue weighted by molar-refractivity contribution is -0.384. The van der Waals surface area contributed by atoms with Crippen molar-refractivity contribution in [1.82, 2.24) is 0 Å². The van der Waals surface area contributed by atoms with Crippen molar-refractivity contribution in [2.45, 2.75) is 6.42 Å². The molecule has 132 valence electrons. The molecule has 0 aliphatic rings. The van der Waals surface area contributed by atoms with Crippen LogP contribution in [0.25, 0.3) is 11.1 Å². The lowest BCUT2D eigenvalue weighted by Crippen LogP contribution is -2.03. The third-order valence-corrected chi connectivity index (χ3v) is 4.08. The Balaban J connectivity index is 1.73. The number of rotatable bonds is 7. The lowest BCUT2D eigenvalue weighted by Gasteiger charge is -2.13. The van der Waals surface area contributed by atoms with Crippen LogP contribution in [0, 0.1) is 10.1 Å². The quantitative estimate of drug-likeness (QED) is 0.450. The van der Waals surface area contributed by atoms with Gasteiger partial charge in [0.1, 0.15) is 11.5 Å². The van der Waals surface area contributed by atoms with Crippen molar-refractivity contribution in [3.63, 3.8) is 0 Å². The fraction of sp³-hybridized carbons (Fsp3) is 0.143. The summed E-state index contributed by atoms with van der Waals surface area (Å²) in [6.45, 7) is 0.463. The maximum atomic E-state index is 10.7. The van der Waals surface area contributed by atoms with E-state index >= 15 is 0 Å². The van der Waals surface area contributed by atoms with E-state index in [1.807, 2.05) is 30.3 Å². The number of ether oxygens (including phenoxy) is 2. The fourth-order valence-electron chi connectivity index (χ4n) is 2.75. The minimum Gasteiger partial charge on any atom is -0.497 e. The minimum atomic E-state index is -0.424. The number of benzene rings is 3. The zero-order valence-electron chi connectivity index (χ0n) is 14.4. The molecule has 0 amide bonds. The Morgan fingerprint density at radius 1 is 0.923 bits per heavy atom. The van der Waals surface area contributed by atoms with Gasteiger partial charge < -0.3 is 9.47 Å².